The second-order valence-corrected chi connectivity index (χ2v) is 19.6. The Morgan fingerprint density at radius 2 is 1.72 bits per heavy atom. The lowest BCUT2D eigenvalue weighted by Gasteiger charge is -2.35. The van der Waals surface area contributed by atoms with Crippen molar-refractivity contribution in [3.8, 4) is 21.9 Å². The number of benzene rings is 3. The maximum absolute atomic E-state index is 14.9. The average Bonchev–Trinajstić information content (AvgIpc) is 3.93. The summed E-state index contributed by atoms with van der Waals surface area (Å²) in [6, 6.07) is 12.4. The highest BCUT2D eigenvalue weighted by Gasteiger charge is 2.44. The Hall–Kier alpha value is -5.62. The number of aromatic nitrogens is 3. The molecule has 356 valence electrons. The Bertz CT molecular complexity index is 2600. The van der Waals surface area contributed by atoms with Gasteiger partial charge in [-0.15, -0.1) is 11.3 Å². The number of carbonyl (C=O) groups excluding carboxylic acids is 4. The van der Waals surface area contributed by atoms with E-state index in [4.69, 9.17) is 32.7 Å². The smallest absolute Gasteiger partial charge is 0.246 e. The van der Waals surface area contributed by atoms with Gasteiger partial charge in [0.25, 0.3) is 0 Å². The fraction of sp³-hybridized carbons (Fsp3) is 0.438. The van der Waals surface area contributed by atoms with E-state index in [1.165, 1.54) is 30.5 Å². The highest BCUT2D eigenvalue weighted by atomic mass is 35.5. The topological polar surface area (TPSA) is 188 Å². The van der Waals surface area contributed by atoms with Gasteiger partial charge >= 0.3 is 0 Å². The number of amides is 4. The van der Waals surface area contributed by atoms with Crippen molar-refractivity contribution in [3.63, 3.8) is 0 Å². The number of unbranched alkanes of at least 4 members (excludes halogenated alkanes) is 1. The number of piperidine rings is 1. The van der Waals surface area contributed by atoms with Gasteiger partial charge in [0.2, 0.25) is 23.6 Å². The first-order valence-corrected chi connectivity index (χ1v) is 23.9. The minimum atomic E-state index is -0.950. The SMILES string of the molecule is COc1cc2ncnc(Nc3ccc(Cl)c(Cl)c3F)c2cc1OC1CCN(C(=O)CCCCC(=O)N[C@H](C(=O)N2C[C@H](O)CC2C(=O)NCc2ccc(-c3scnc3C)cc2)C(C)(C)C)CC1. The third kappa shape index (κ3) is 11.9. The van der Waals surface area contributed by atoms with Gasteiger partial charge < -0.3 is 40.3 Å². The number of fused-ring (bicyclic) bond motifs is 1. The summed E-state index contributed by atoms with van der Waals surface area (Å²) in [6.45, 7) is 8.66. The van der Waals surface area contributed by atoms with E-state index in [1.54, 1.807) is 33.9 Å². The molecule has 4 amide bonds. The van der Waals surface area contributed by atoms with Crippen molar-refractivity contribution in [2.24, 2.45) is 5.41 Å². The number of anilines is 2. The lowest BCUT2D eigenvalue weighted by atomic mass is 9.85. The van der Waals surface area contributed by atoms with Crippen LogP contribution in [0.15, 0.2) is 60.4 Å². The summed E-state index contributed by atoms with van der Waals surface area (Å²) in [5, 5.41) is 19.8. The Balaban J connectivity index is 0.865. The molecular formula is C48H55Cl2FN8O7S. The highest BCUT2D eigenvalue weighted by Crippen LogP contribution is 2.38. The van der Waals surface area contributed by atoms with Gasteiger partial charge in [-0.2, -0.15) is 0 Å². The molecule has 2 aliphatic heterocycles. The number of thiazole rings is 1. The number of rotatable bonds is 16. The fourth-order valence-electron chi connectivity index (χ4n) is 8.30. The molecule has 4 N–H and O–H groups in total. The van der Waals surface area contributed by atoms with Gasteiger partial charge in [-0.25, -0.2) is 19.3 Å². The molecule has 67 heavy (non-hydrogen) atoms. The summed E-state index contributed by atoms with van der Waals surface area (Å²) in [4.78, 5) is 71.3. The molecule has 0 bridgehead atoms. The zero-order valence-corrected chi connectivity index (χ0v) is 40.4. The van der Waals surface area contributed by atoms with Crippen molar-refractivity contribution in [2.45, 2.75) is 103 Å². The van der Waals surface area contributed by atoms with E-state index in [0.717, 1.165) is 21.7 Å². The quantitative estimate of drug-likeness (QED) is 0.0554. The van der Waals surface area contributed by atoms with Crippen LogP contribution in [0.4, 0.5) is 15.9 Å². The molecule has 2 aliphatic rings. The van der Waals surface area contributed by atoms with Crippen LogP contribution < -0.4 is 25.4 Å². The maximum Gasteiger partial charge on any atom is 0.246 e. The molecular weight excluding hydrogens is 923 g/mol. The molecule has 5 aromatic rings. The summed E-state index contributed by atoms with van der Waals surface area (Å²) in [5.41, 5.74) is 4.61. The first kappa shape index (κ1) is 49.3. The largest absolute Gasteiger partial charge is 0.493 e. The summed E-state index contributed by atoms with van der Waals surface area (Å²) >= 11 is 13.6. The molecule has 0 spiro atoms. The van der Waals surface area contributed by atoms with Gasteiger partial charge in [-0.3, -0.25) is 19.2 Å². The van der Waals surface area contributed by atoms with Crippen LogP contribution in [0.2, 0.25) is 10.0 Å². The zero-order valence-electron chi connectivity index (χ0n) is 38.0. The Labute approximate surface area is 402 Å². The number of hydrogen-bond acceptors (Lipinski definition) is 12. The molecule has 2 aromatic heterocycles. The Morgan fingerprint density at radius 3 is 2.40 bits per heavy atom. The van der Waals surface area contributed by atoms with E-state index in [-0.39, 0.29) is 71.9 Å². The lowest BCUT2D eigenvalue weighted by molar-refractivity contribution is -0.144. The van der Waals surface area contributed by atoms with E-state index in [2.05, 4.69) is 30.9 Å². The molecule has 2 saturated heterocycles. The molecule has 4 heterocycles. The number of nitrogens with one attached hydrogen (secondary N) is 3. The van der Waals surface area contributed by atoms with Crippen molar-refractivity contribution in [3.05, 3.63) is 87.5 Å². The van der Waals surface area contributed by atoms with Crippen molar-refractivity contribution in [1.29, 1.82) is 0 Å². The van der Waals surface area contributed by atoms with Gasteiger partial charge in [-0.1, -0.05) is 68.2 Å². The second-order valence-electron chi connectivity index (χ2n) is 17.9. The molecule has 0 saturated carbocycles. The maximum atomic E-state index is 14.9. The summed E-state index contributed by atoms with van der Waals surface area (Å²) in [6.07, 6.45) is 2.75. The van der Waals surface area contributed by atoms with Crippen LogP contribution in [0.5, 0.6) is 11.5 Å². The van der Waals surface area contributed by atoms with Gasteiger partial charge in [0.1, 0.15) is 30.3 Å². The van der Waals surface area contributed by atoms with E-state index in [0.29, 0.717) is 67.0 Å². The predicted molar refractivity (Wildman–Crippen MR) is 256 cm³/mol. The van der Waals surface area contributed by atoms with E-state index < -0.39 is 35.3 Å². The number of ether oxygens (including phenoxy) is 2. The predicted octanol–water partition coefficient (Wildman–Crippen LogP) is 8.00. The zero-order chi connectivity index (χ0) is 48.0. The number of methoxy groups -OCH3 is 1. The number of likely N-dealkylation sites (tertiary alicyclic amines) is 2. The number of carbonyl (C=O) groups is 4. The number of aliphatic hydroxyl groups is 1. The first-order chi connectivity index (χ1) is 32.0. The van der Waals surface area contributed by atoms with E-state index in [1.807, 2.05) is 52.0 Å². The summed E-state index contributed by atoms with van der Waals surface area (Å²) in [5.74, 6) is -0.660. The number of aliphatic hydroxyl groups excluding tert-OH is 1. The number of hydrogen-bond donors (Lipinski definition) is 4. The molecule has 0 aliphatic carbocycles. The van der Waals surface area contributed by atoms with Gasteiger partial charge in [0.15, 0.2) is 17.3 Å². The molecule has 15 nitrogen and oxygen atoms in total. The molecule has 3 atom stereocenters. The number of nitrogens with zero attached hydrogens (tertiary/aromatic N) is 5. The van der Waals surface area contributed by atoms with Gasteiger partial charge in [0.05, 0.1) is 50.5 Å². The molecule has 19 heteroatoms. The highest BCUT2D eigenvalue weighted by molar-refractivity contribution is 7.13. The third-order valence-electron chi connectivity index (χ3n) is 12.1. The first-order valence-electron chi connectivity index (χ1n) is 22.2. The molecule has 0 radical (unpaired) electrons. The molecule has 2 fully saturated rings. The van der Waals surface area contributed by atoms with Crippen LogP contribution in [0.1, 0.15) is 77.0 Å². The van der Waals surface area contributed by atoms with Crippen molar-refractivity contribution >= 4 is 80.6 Å². The van der Waals surface area contributed by atoms with Crippen LogP contribution in [-0.2, 0) is 25.7 Å². The number of aryl methyl sites for hydroxylation is 1. The summed E-state index contributed by atoms with van der Waals surface area (Å²) in [7, 11) is 1.53. The van der Waals surface area contributed by atoms with Crippen LogP contribution in [-0.4, -0.2) is 105 Å². The van der Waals surface area contributed by atoms with Crippen LogP contribution >= 0.6 is 34.5 Å². The number of halogens is 3. The van der Waals surface area contributed by atoms with E-state index in [9.17, 15) is 28.7 Å². The molecule has 3 aromatic carbocycles. The lowest BCUT2D eigenvalue weighted by Crippen LogP contribution is -2.57. The normalized spacial score (nSPS) is 17.0. The second kappa shape index (κ2) is 21.6. The third-order valence-corrected chi connectivity index (χ3v) is 13.8. The molecule has 1 unspecified atom stereocenters. The van der Waals surface area contributed by atoms with Gasteiger partial charge in [-0.05, 0) is 54.5 Å². The van der Waals surface area contributed by atoms with Gasteiger partial charge in [0, 0.05) is 69.7 Å². The standard InChI is InChI=1S/C48H55Cl2FN8O7S/c1-27-43(67-26-55-27)29-12-10-28(11-13-29)23-52-46(63)36-20-30(60)24-59(36)47(64)44(48(2,3)4)57-39(61)8-6-7-9-40(62)58-18-16-31(17-19-58)66-38-21-32-35(22-37(38)65-5)53-25-54-45(32)56-34-15-14-33(49)41(50)42(34)51/h10-15,21-22,25-26,30-31,36,44,60H,6-9,16-20,23-24H2,1-5H3,(H,52,63)(H,57,61)(H,53,54,56)/t30-,36?,44-/m1/s1. The van der Waals surface area contributed by atoms with Crippen LogP contribution in [0.25, 0.3) is 21.3 Å². The van der Waals surface area contributed by atoms with Crippen LogP contribution in [0.3, 0.4) is 0 Å². The van der Waals surface area contributed by atoms with Crippen molar-refractivity contribution in [2.75, 3.05) is 32.1 Å². The summed E-state index contributed by atoms with van der Waals surface area (Å²) < 4.78 is 26.9. The monoisotopic (exact) mass is 976 g/mol. The average molecular weight is 978 g/mol. The van der Waals surface area contributed by atoms with Crippen LogP contribution in [0, 0.1) is 18.2 Å². The minimum absolute atomic E-state index is 0.0211. The van der Waals surface area contributed by atoms with Crippen molar-refractivity contribution < 1.29 is 38.1 Å². The Morgan fingerprint density at radius 1 is 0.985 bits per heavy atom. The fourth-order valence-corrected chi connectivity index (χ4v) is 9.42. The number of β-amino-alcohol motifs (C(OH)–C–C–N with tert-alkyl or cyclic N) is 1. The Kier molecular flexibility index (Phi) is 15.9. The molecule has 7 rings (SSSR count). The minimum Gasteiger partial charge on any atom is -0.493 e. The van der Waals surface area contributed by atoms with Crippen molar-refractivity contribution in [1.82, 2.24) is 35.4 Å². The van der Waals surface area contributed by atoms with E-state index >= 15 is 0 Å².